The molecule has 14 heteroatoms. The summed E-state index contributed by atoms with van der Waals surface area (Å²) in [5.74, 6) is -1.12. The number of unbranched alkanes of at least 4 members (excludes halogenated alkanes) is 1. The Balaban J connectivity index is 0.000000129. The Morgan fingerprint density at radius 2 is 0.759 bits per heavy atom. The molecule has 8 aliphatic carbocycles. The van der Waals surface area contributed by atoms with Crippen molar-refractivity contribution in [1.29, 1.82) is 0 Å². The summed E-state index contributed by atoms with van der Waals surface area (Å²) >= 11 is 0. The maximum absolute atomic E-state index is 13.3. The summed E-state index contributed by atoms with van der Waals surface area (Å²) in [7, 11) is -9.00. The molecule has 0 unspecified atom stereocenters. The van der Waals surface area contributed by atoms with E-state index in [-0.39, 0.29) is 63.8 Å². The Bertz CT molecular complexity index is 2710. The van der Waals surface area contributed by atoms with Gasteiger partial charge in [0.05, 0.1) is 43.9 Å². The van der Waals surface area contributed by atoms with Crippen LogP contribution in [-0.2, 0) is 51.6 Å². The van der Waals surface area contributed by atoms with Gasteiger partial charge in [0.2, 0.25) is 0 Å². The standard InChI is InChI=1S/2C18H15S.C17H26F2O5S.C12H20O3S/c2*1-4-10-16(11-5-1)19(17-12-6-2-7-13-17)18-14-8-3-9-15-18;18-17(19,11-25(21,22)23)3-1-2-4-24-15(20)16-8-12-5-13(9-16)7-14(6-12)10-16;13-16(14,15)2-1-12-6-9-3-10(7-12)5-11(4-9)8-12/h2*1-15H;12-14H,1-11H2,(H,21,22,23);9-11H,1-8H2,(H,13,14,15)/q2*+1;;/p-2. The number of carbonyl (C=O) groups is 1. The van der Waals surface area contributed by atoms with Crippen LogP contribution in [0.25, 0.3) is 0 Å². The molecule has 6 aromatic carbocycles. The molecule has 420 valence electrons. The van der Waals surface area contributed by atoms with E-state index in [1.165, 1.54) is 87.2 Å². The molecule has 0 saturated heterocycles. The van der Waals surface area contributed by atoms with Crippen molar-refractivity contribution in [3.05, 3.63) is 182 Å². The van der Waals surface area contributed by atoms with Gasteiger partial charge in [-0.1, -0.05) is 109 Å². The van der Waals surface area contributed by atoms with E-state index in [4.69, 9.17) is 4.74 Å². The minimum Gasteiger partial charge on any atom is -0.748 e. The predicted octanol–water partition coefficient (Wildman–Crippen LogP) is 14.8. The first-order chi connectivity index (χ1) is 37.9. The van der Waals surface area contributed by atoms with E-state index in [0.717, 1.165) is 37.0 Å². The fourth-order valence-corrected chi connectivity index (χ4v) is 20.1. The highest BCUT2D eigenvalue weighted by Gasteiger charge is 2.55. The molecule has 0 heterocycles. The summed E-state index contributed by atoms with van der Waals surface area (Å²) < 4.78 is 95.6. The van der Waals surface area contributed by atoms with Crippen LogP contribution in [0.3, 0.4) is 0 Å². The first kappa shape index (κ1) is 58.8. The molecule has 0 radical (unpaired) electrons. The highest BCUT2D eigenvalue weighted by molar-refractivity contribution is 7.97. The van der Waals surface area contributed by atoms with Gasteiger partial charge >= 0.3 is 5.97 Å². The maximum atomic E-state index is 13.3. The quantitative estimate of drug-likeness (QED) is 0.0380. The van der Waals surface area contributed by atoms with Gasteiger partial charge in [-0.25, -0.2) is 25.6 Å². The second-order valence-corrected chi connectivity index (χ2v) is 30.2. The molecule has 14 rings (SSSR count). The molecule has 8 fully saturated rings. The molecule has 0 aromatic heterocycles. The van der Waals surface area contributed by atoms with Gasteiger partial charge in [0.25, 0.3) is 5.92 Å². The van der Waals surface area contributed by atoms with Crippen LogP contribution in [0, 0.1) is 46.3 Å². The van der Waals surface area contributed by atoms with E-state index in [1.54, 1.807) is 0 Å². The SMILES string of the molecule is O=C(OCCCCC(F)(F)CS(=O)(=O)[O-])C12CC3CC(CC(C3)C1)C2.O=S(=O)([O-])CCC12CC3CC(CC(C3)C1)C2.c1ccc([S+](c2ccccc2)c2ccccc2)cc1.c1ccc([S+](c2ccccc2)c2ccccc2)cc1. The molecule has 0 atom stereocenters. The average molecular weight is 1150 g/mol. The number of hydrogen-bond donors (Lipinski definition) is 0. The second kappa shape index (κ2) is 26.4. The van der Waals surface area contributed by atoms with Crippen molar-refractivity contribution in [2.45, 2.75) is 138 Å². The fourth-order valence-electron chi connectivity index (χ4n) is 14.6. The molecule has 8 aliphatic rings. The van der Waals surface area contributed by atoms with Crippen molar-refractivity contribution in [2.24, 2.45) is 46.3 Å². The molecule has 0 amide bonds. The molecule has 8 nitrogen and oxygen atoms in total. The number of ether oxygens (including phenoxy) is 1. The van der Waals surface area contributed by atoms with Crippen molar-refractivity contribution in [1.82, 2.24) is 0 Å². The third-order valence-electron chi connectivity index (χ3n) is 17.0. The van der Waals surface area contributed by atoms with E-state index in [0.29, 0.717) is 24.2 Å². The number of carbonyl (C=O) groups excluding carboxylic acids is 1. The summed E-state index contributed by atoms with van der Waals surface area (Å²) in [5, 5.41) is 0. The van der Waals surface area contributed by atoms with Crippen molar-refractivity contribution in [3.63, 3.8) is 0 Å². The van der Waals surface area contributed by atoms with Crippen molar-refractivity contribution >= 4 is 48.0 Å². The van der Waals surface area contributed by atoms with Crippen LogP contribution >= 0.6 is 0 Å². The van der Waals surface area contributed by atoms with Gasteiger partial charge in [-0.2, -0.15) is 0 Å². The highest BCUT2D eigenvalue weighted by Crippen LogP contribution is 2.62. The third-order valence-corrected chi connectivity index (χ3v) is 22.9. The first-order valence-electron chi connectivity index (χ1n) is 28.1. The Morgan fingerprint density at radius 1 is 0.468 bits per heavy atom. The van der Waals surface area contributed by atoms with Gasteiger partial charge < -0.3 is 13.8 Å². The second-order valence-electron chi connectivity index (χ2n) is 23.3. The maximum Gasteiger partial charge on any atom is 0.312 e. The largest absolute Gasteiger partial charge is 0.748 e. The first-order valence-corrected chi connectivity index (χ1v) is 33.7. The van der Waals surface area contributed by atoms with Crippen LogP contribution in [0.2, 0.25) is 0 Å². The summed E-state index contributed by atoms with van der Waals surface area (Å²) in [6.07, 6.45) is 14.2. The highest BCUT2D eigenvalue weighted by atomic mass is 32.2. The number of rotatable bonds is 17. The van der Waals surface area contributed by atoms with Gasteiger partial charge in [0.15, 0.2) is 29.4 Å². The average Bonchev–Trinajstić information content (AvgIpc) is 3.62. The van der Waals surface area contributed by atoms with E-state index >= 15 is 0 Å². The predicted molar refractivity (Wildman–Crippen MR) is 308 cm³/mol. The van der Waals surface area contributed by atoms with Crippen molar-refractivity contribution in [2.75, 3.05) is 18.1 Å². The lowest BCUT2D eigenvalue weighted by atomic mass is 9.49. The third kappa shape index (κ3) is 16.7. The van der Waals surface area contributed by atoms with E-state index < -0.39 is 38.3 Å². The van der Waals surface area contributed by atoms with Crippen LogP contribution < -0.4 is 0 Å². The Labute approximate surface area is 473 Å². The van der Waals surface area contributed by atoms with Gasteiger partial charge in [0, 0.05) is 12.2 Å². The fraction of sp³-hybridized carbons (Fsp3) is 0.431. The molecule has 0 spiro atoms. The van der Waals surface area contributed by atoms with E-state index in [9.17, 15) is 39.5 Å². The zero-order chi connectivity index (χ0) is 55.5. The zero-order valence-electron chi connectivity index (χ0n) is 44.9. The monoisotopic (exact) mass is 1150 g/mol. The summed E-state index contributed by atoms with van der Waals surface area (Å²) in [5.41, 5.74) is -0.123. The van der Waals surface area contributed by atoms with Gasteiger partial charge in [-0.05, 0) is 210 Å². The van der Waals surface area contributed by atoms with Gasteiger partial charge in [0.1, 0.15) is 15.9 Å². The molecule has 0 N–H and O–H groups in total. The Morgan fingerprint density at radius 3 is 1.04 bits per heavy atom. The Hall–Kier alpha value is -4.83. The summed E-state index contributed by atoms with van der Waals surface area (Å²) in [4.78, 5) is 20.7. The summed E-state index contributed by atoms with van der Waals surface area (Å²) in [6.45, 7) is 0.0702. The van der Waals surface area contributed by atoms with Crippen LogP contribution in [0.15, 0.2) is 211 Å². The minimum absolute atomic E-state index is 0.0106. The molecule has 8 saturated carbocycles. The molecule has 79 heavy (non-hydrogen) atoms. The lowest BCUT2D eigenvalue weighted by Crippen LogP contribution is -2.50. The lowest BCUT2D eigenvalue weighted by Gasteiger charge is -2.57. The van der Waals surface area contributed by atoms with Crippen molar-refractivity contribution in [3.8, 4) is 0 Å². The molecular weight excluding hydrogens is 1070 g/mol. The van der Waals surface area contributed by atoms with E-state index in [1.807, 2.05) is 0 Å². The molecule has 6 aromatic rings. The zero-order valence-corrected chi connectivity index (χ0v) is 48.1. The number of esters is 1. The normalized spacial score (nSPS) is 25.3. The van der Waals surface area contributed by atoms with Crippen LogP contribution in [-0.4, -0.2) is 55.9 Å². The topological polar surface area (TPSA) is 141 Å². The van der Waals surface area contributed by atoms with E-state index in [2.05, 4.69) is 182 Å². The molecule has 8 bridgehead atoms. The van der Waals surface area contributed by atoms with Crippen LogP contribution in [0.4, 0.5) is 8.78 Å². The summed E-state index contributed by atoms with van der Waals surface area (Å²) in [6, 6.07) is 64.3. The number of alkyl halides is 2. The lowest BCUT2D eigenvalue weighted by molar-refractivity contribution is -0.171. The number of halogens is 2. The van der Waals surface area contributed by atoms with Gasteiger partial charge in [-0.15, -0.1) is 0 Å². The molecule has 0 aliphatic heterocycles. The molecular formula is C65H74F2O8S4. The Kier molecular flexibility index (Phi) is 19.6. The van der Waals surface area contributed by atoms with Crippen LogP contribution in [0.5, 0.6) is 0 Å². The van der Waals surface area contributed by atoms with Crippen molar-refractivity contribution < 1.29 is 44.3 Å². The number of benzene rings is 6. The minimum atomic E-state index is -4.95. The van der Waals surface area contributed by atoms with Crippen LogP contribution in [0.1, 0.15) is 103 Å². The number of hydrogen-bond acceptors (Lipinski definition) is 8. The smallest absolute Gasteiger partial charge is 0.312 e. The van der Waals surface area contributed by atoms with Gasteiger partial charge in [-0.3, -0.25) is 4.79 Å².